The summed E-state index contributed by atoms with van der Waals surface area (Å²) in [5.41, 5.74) is 5.42. The first kappa shape index (κ1) is 13.3. The molecule has 0 saturated heterocycles. The van der Waals surface area contributed by atoms with Crippen molar-refractivity contribution in [2.75, 3.05) is 6.54 Å². The molecule has 0 saturated carbocycles. The Kier molecular flexibility index (Phi) is 4.09. The van der Waals surface area contributed by atoms with Crippen molar-refractivity contribution in [3.05, 3.63) is 65.0 Å². The third-order valence-corrected chi connectivity index (χ3v) is 4.03. The lowest BCUT2D eigenvalue weighted by atomic mass is 9.99. The van der Waals surface area contributed by atoms with E-state index in [-0.39, 0.29) is 0 Å². The average Bonchev–Trinajstić information content (AvgIpc) is 2.69. The second kappa shape index (κ2) is 6.16. The zero-order chi connectivity index (χ0) is 13.8. The summed E-state index contributed by atoms with van der Waals surface area (Å²) >= 11 is 0. The molecule has 0 fully saturated rings. The zero-order valence-corrected chi connectivity index (χ0v) is 11.9. The fraction of sp³-hybridized carbons (Fsp3) is 0.353. The fourth-order valence-electron chi connectivity index (χ4n) is 2.81. The minimum atomic E-state index is 0.425. The average molecular weight is 267 g/mol. The number of pyridine rings is 1. The van der Waals surface area contributed by atoms with Crippen LogP contribution in [0.2, 0.25) is 0 Å². The van der Waals surface area contributed by atoms with Gasteiger partial charge in [0.05, 0.1) is 0 Å². The van der Waals surface area contributed by atoms with Gasteiger partial charge in [0.1, 0.15) is 0 Å². The van der Waals surface area contributed by atoms with E-state index in [4.69, 9.17) is 0 Å². The van der Waals surface area contributed by atoms with Crippen LogP contribution in [0.15, 0.2) is 42.7 Å². The summed E-state index contributed by atoms with van der Waals surface area (Å²) in [5, 5.41) is 7.20. The van der Waals surface area contributed by atoms with Crippen LogP contribution in [0.5, 0.6) is 0 Å². The van der Waals surface area contributed by atoms with Crippen LogP contribution in [0.1, 0.15) is 34.7 Å². The molecule has 2 N–H and O–H groups in total. The molecule has 1 aromatic heterocycles. The van der Waals surface area contributed by atoms with Crippen LogP contribution in [0, 0.1) is 6.92 Å². The molecule has 2 aromatic rings. The molecule has 0 aliphatic carbocycles. The van der Waals surface area contributed by atoms with Crippen molar-refractivity contribution < 1.29 is 0 Å². The van der Waals surface area contributed by atoms with Gasteiger partial charge in [0, 0.05) is 31.5 Å². The largest absolute Gasteiger partial charge is 0.313 e. The number of nitrogens with zero attached hydrogens (tertiary/aromatic N) is 1. The summed E-state index contributed by atoms with van der Waals surface area (Å²) in [7, 11) is 0. The number of hydrogen-bond acceptors (Lipinski definition) is 3. The van der Waals surface area contributed by atoms with Gasteiger partial charge in [0.2, 0.25) is 0 Å². The molecule has 1 aromatic carbocycles. The Labute approximate surface area is 120 Å². The maximum atomic E-state index is 4.15. The van der Waals surface area contributed by atoms with E-state index in [1.807, 2.05) is 12.4 Å². The highest BCUT2D eigenvalue weighted by Crippen LogP contribution is 2.24. The number of aryl methyl sites for hydroxylation is 1. The van der Waals surface area contributed by atoms with Crippen molar-refractivity contribution in [2.24, 2.45) is 0 Å². The van der Waals surface area contributed by atoms with Gasteiger partial charge in [-0.15, -0.1) is 0 Å². The molecule has 3 rings (SSSR count). The van der Waals surface area contributed by atoms with Crippen LogP contribution in [-0.4, -0.2) is 11.5 Å². The standard InChI is InChI=1S/C17H21N3/c1-13-10-18-8-6-14(13)12-20-17-7-9-19-11-15-4-2-3-5-16(15)17/h2-6,8,10,17,19-20H,7,9,11-12H2,1H3. The summed E-state index contributed by atoms with van der Waals surface area (Å²) < 4.78 is 0. The molecule has 104 valence electrons. The van der Waals surface area contributed by atoms with Gasteiger partial charge in [-0.3, -0.25) is 4.98 Å². The normalized spacial score (nSPS) is 18.4. The Bertz CT molecular complexity index is 580. The first-order valence-electron chi connectivity index (χ1n) is 7.26. The second-order valence-electron chi connectivity index (χ2n) is 5.40. The minimum Gasteiger partial charge on any atom is -0.313 e. The maximum Gasteiger partial charge on any atom is 0.0338 e. The number of rotatable bonds is 3. The molecule has 0 amide bonds. The molecule has 20 heavy (non-hydrogen) atoms. The molecule has 1 aliphatic rings. The molecule has 0 bridgehead atoms. The number of fused-ring (bicyclic) bond motifs is 1. The molecular weight excluding hydrogens is 246 g/mol. The van der Waals surface area contributed by atoms with E-state index in [1.54, 1.807) is 0 Å². The molecule has 2 heterocycles. The Morgan fingerprint density at radius 3 is 3.10 bits per heavy atom. The first-order chi connectivity index (χ1) is 9.84. The van der Waals surface area contributed by atoms with Gasteiger partial charge in [-0.2, -0.15) is 0 Å². The predicted molar refractivity (Wildman–Crippen MR) is 81.3 cm³/mol. The molecule has 0 radical (unpaired) electrons. The van der Waals surface area contributed by atoms with Crippen LogP contribution in [0.4, 0.5) is 0 Å². The van der Waals surface area contributed by atoms with Crippen molar-refractivity contribution in [3.63, 3.8) is 0 Å². The van der Waals surface area contributed by atoms with Gasteiger partial charge in [0.25, 0.3) is 0 Å². The molecule has 1 aliphatic heterocycles. The second-order valence-corrected chi connectivity index (χ2v) is 5.40. The summed E-state index contributed by atoms with van der Waals surface area (Å²) in [4.78, 5) is 4.15. The van der Waals surface area contributed by atoms with Crippen molar-refractivity contribution in [3.8, 4) is 0 Å². The fourth-order valence-corrected chi connectivity index (χ4v) is 2.81. The number of benzene rings is 1. The highest BCUT2D eigenvalue weighted by atomic mass is 14.9. The Balaban J connectivity index is 1.76. The summed E-state index contributed by atoms with van der Waals surface area (Å²) in [6.07, 6.45) is 4.92. The van der Waals surface area contributed by atoms with E-state index in [1.165, 1.54) is 22.3 Å². The third-order valence-electron chi connectivity index (χ3n) is 4.03. The molecule has 1 unspecified atom stereocenters. The molecule has 0 spiro atoms. The number of aromatic nitrogens is 1. The summed E-state index contributed by atoms with van der Waals surface area (Å²) in [6, 6.07) is 11.3. The van der Waals surface area contributed by atoms with Gasteiger partial charge in [-0.25, -0.2) is 0 Å². The van der Waals surface area contributed by atoms with E-state index < -0.39 is 0 Å². The van der Waals surface area contributed by atoms with E-state index in [9.17, 15) is 0 Å². The van der Waals surface area contributed by atoms with Crippen LogP contribution in [-0.2, 0) is 13.1 Å². The number of nitrogens with one attached hydrogen (secondary N) is 2. The first-order valence-corrected chi connectivity index (χ1v) is 7.26. The molecule has 1 atom stereocenters. The Morgan fingerprint density at radius 2 is 2.20 bits per heavy atom. The molecule has 3 nitrogen and oxygen atoms in total. The third kappa shape index (κ3) is 2.89. The quantitative estimate of drug-likeness (QED) is 0.898. The highest BCUT2D eigenvalue weighted by molar-refractivity contribution is 5.31. The highest BCUT2D eigenvalue weighted by Gasteiger charge is 2.17. The lowest BCUT2D eigenvalue weighted by Crippen LogP contribution is -2.23. The van der Waals surface area contributed by atoms with Gasteiger partial charge >= 0.3 is 0 Å². The van der Waals surface area contributed by atoms with Gasteiger partial charge < -0.3 is 10.6 Å². The van der Waals surface area contributed by atoms with Gasteiger partial charge in [-0.05, 0) is 48.2 Å². The van der Waals surface area contributed by atoms with Crippen molar-refractivity contribution in [2.45, 2.75) is 32.5 Å². The van der Waals surface area contributed by atoms with E-state index in [2.05, 4.69) is 52.9 Å². The van der Waals surface area contributed by atoms with Crippen LogP contribution < -0.4 is 10.6 Å². The topological polar surface area (TPSA) is 37.0 Å². The van der Waals surface area contributed by atoms with Crippen LogP contribution in [0.25, 0.3) is 0 Å². The molecule has 3 heteroatoms. The Hall–Kier alpha value is -1.71. The minimum absolute atomic E-state index is 0.425. The van der Waals surface area contributed by atoms with Gasteiger partial charge in [-0.1, -0.05) is 24.3 Å². The zero-order valence-electron chi connectivity index (χ0n) is 11.9. The van der Waals surface area contributed by atoms with Gasteiger partial charge in [0.15, 0.2) is 0 Å². The monoisotopic (exact) mass is 267 g/mol. The smallest absolute Gasteiger partial charge is 0.0338 e. The lowest BCUT2D eigenvalue weighted by Gasteiger charge is -2.19. The van der Waals surface area contributed by atoms with E-state index in [0.29, 0.717) is 6.04 Å². The summed E-state index contributed by atoms with van der Waals surface area (Å²) in [5.74, 6) is 0. The lowest BCUT2D eigenvalue weighted by molar-refractivity contribution is 0.495. The van der Waals surface area contributed by atoms with Crippen molar-refractivity contribution >= 4 is 0 Å². The van der Waals surface area contributed by atoms with Crippen LogP contribution in [0.3, 0.4) is 0 Å². The molecular formula is C17H21N3. The SMILES string of the molecule is Cc1cnccc1CNC1CCNCc2ccccc21. The number of hydrogen-bond donors (Lipinski definition) is 2. The predicted octanol–water partition coefficient (Wildman–Crippen LogP) is 2.71. The van der Waals surface area contributed by atoms with E-state index in [0.717, 1.165) is 26.1 Å². The van der Waals surface area contributed by atoms with Crippen LogP contribution >= 0.6 is 0 Å². The summed E-state index contributed by atoms with van der Waals surface area (Å²) in [6.45, 7) is 5.05. The Morgan fingerprint density at radius 1 is 1.30 bits per heavy atom. The van der Waals surface area contributed by atoms with Crippen molar-refractivity contribution in [1.29, 1.82) is 0 Å². The maximum absolute atomic E-state index is 4.15. The van der Waals surface area contributed by atoms with Crippen molar-refractivity contribution in [1.82, 2.24) is 15.6 Å². The van der Waals surface area contributed by atoms with E-state index >= 15 is 0 Å².